The average molecular weight is 304 g/mol. The highest BCUT2D eigenvalue weighted by Gasteiger charge is 2.31. The third-order valence-corrected chi connectivity index (χ3v) is 3.69. The Morgan fingerprint density at radius 3 is 2.58 bits per heavy atom. The molecule has 19 heavy (non-hydrogen) atoms. The van der Waals surface area contributed by atoms with Crippen molar-refractivity contribution in [2.24, 2.45) is 0 Å². The van der Waals surface area contributed by atoms with E-state index in [9.17, 15) is 4.79 Å². The molecule has 106 valence electrons. The molecule has 2 atom stereocenters. The van der Waals surface area contributed by atoms with Crippen molar-refractivity contribution in [3.63, 3.8) is 0 Å². The Morgan fingerprint density at radius 1 is 1.37 bits per heavy atom. The summed E-state index contributed by atoms with van der Waals surface area (Å²) in [6.45, 7) is 0.964. The normalized spacial score (nSPS) is 20.2. The molecule has 0 amide bonds. The largest absolute Gasteiger partial charge is 0.469 e. The molecular weight excluding hydrogens is 285 g/mol. The average Bonchev–Trinajstić information content (AvgIpc) is 2.42. The van der Waals surface area contributed by atoms with Crippen molar-refractivity contribution in [2.45, 2.75) is 31.2 Å². The van der Waals surface area contributed by atoms with E-state index in [2.05, 4.69) is 5.32 Å². The number of nitrogens with one attached hydrogen (secondary N) is 1. The maximum absolute atomic E-state index is 12.0. The maximum atomic E-state index is 12.0. The van der Waals surface area contributed by atoms with Crippen LogP contribution in [0.2, 0.25) is 5.02 Å². The van der Waals surface area contributed by atoms with Gasteiger partial charge in [-0.05, 0) is 37.1 Å². The summed E-state index contributed by atoms with van der Waals surface area (Å²) in [7, 11) is 1.44. The third kappa shape index (κ3) is 4.10. The molecule has 1 aromatic carbocycles. The van der Waals surface area contributed by atoms with Crippen LogP contribution in [0.15, 0.2) is 24.3 Å². The summed E-state index contributed by atoms with van der Waals surface area (Å²) >= 11 is 5.88. The maximum Gasteiger partial charge on any atom is 0.314 e. The molecule has 5 heteroatoms. The van der Waals surface area contributed by atoms with Gasteiger partial charge in [0, 0.05) is 11.1 Å². The van der Waals surface area contributed by atoms with E-state index in [1.165, 1.54) is 13.5 Å². The zero-order valence-electron chi connectivity index (χ0n) is 10.9. The second-order valence-electron chi connectivity index (χ2n) is 4.61. The monoisotopic (exact) mass is 303 g/mol. The van der Waals surface area contributed by atoms with Crippen molar-refractivity contribution in [2.75, 3.05) is 13.7 Å². The van der Waals surface area contributed by atoms with E-state index in [4.69, 9.17) is 16.3 Å². The highest BCUT2D eigenvalue weighted by molar-refractivity contribution is 6.30. The van der Waals surface area contributed by atoms with Crippen molar-refractivity contribution in [3.05, 3.63) is 34.9 Å². The molecule has 1 aliphatic rings. The van der Waals surface area contributed by atoms with Crippen LogP contribution in [0, 0.1) is 0 Å². The number of ether oxygens (including phenoxy) is 1. The minimum Gasteiger partial charge on any atom is -0.469 e. The summed E-state index contributed by atoms with van der Waals surface area (Å²) in [5.74, 6) is -0.427. The van der Waals surface area contributed by atoms with E-state index in [1.807, 2.05) is 24.3 Å². The van der Waals surface area contributed by atoms with Gasteiger partial charge in [-0.3, -0.25) is 4.79 Å². The number of benzene rings is 1. The van der Waals surface area contributed by atoms with Gasteiger partial charge < -0.3 is 10.1 Å². The van der Waals surface area contributed by atoms with Gasteiger partial charge in [-0.25, -0.2) is 0 Å². The van der Waals surface area contributed by atoms with E-state index in [0.717, 1.165) is 24.9 Å². The van der Waals surface area contributed by atoms with Gasteiger partial charge in [0.25, 0.3) is 0 Å². The number of hydrogen-bond acceptors (Lipinski definition) is 3. The van der Waals surface area contributed by atoms with Crippen molar-refractivity contribution in [3.8, 4) is 0 Å². The number of hydrogen-bond donors (Lipinski definition) is 1. The lowest BCUT2D eigenvalue weighted by molar-refractivity contribution is -0.143. The zero-order chi connectivity index (χ0) is 13.0. The smallest absolute Gasteiger partial charge is 0.314 e. The molecular formula is C14H19Cl2NO2. The Morgan fingerprint density at radius 2 is 2.05 bits per heavy atom. The minimum atomic E-state index is -0.243. The number of esters is 1. The number of methoxy groups -OCH3 is 1. The van der Waals surface area contributed by atoms with Crippen LogP contribution >= 0.6 is 24.0 Å². The quantitative estimate of drug-likeness (QED) is 0.872. The van der Waals surface area contributed by atoms with Crippen LogP contribution in [0.3, 0.4) is 0 Å². The lowest BCUT2D eigenvalue weighted by Crippen LogP contribution is -2.42. The topological polar surface area (TPSA) is 38.3 Å². The van der Waals surface area contributed by atoms with Crippen molar-refractivity contribution in [1.29, 1.82) is 0 Å². The van der Waals surface area contributed by atoms with Crippen LogP contribution in [0.4, 0.5) is 0 Å². The van der Waals surface area contributed by atoms with Crippen molar-refractivity contribution < 1.29 is 9.53 Å². The van der Waals surface area contributed by atoms with Crippen molar-refractivity contribution >= 4 is 30.0 Å². The summed E-state index contributed by atoms with van der Waals surface area (Å²) < 4.78 is 4.94. The molecule has 1 heterocycles. The summed E-state index contributed by atoms with van der Waals surface area (Å²) in [6.07, 6.45) is 3.33. The highest BCUT2D eigenvalue weighted by atomic mass is 35.5. The Labute approximate surface area is 125 Å². The van der Waals surface area contributed by atoms with Gasteiger partial charge in [-0.2, -0.15) is 0 Å². The number of carbonyl (C=O) groups excluding carboxylic acids is 1. The Hall–Kier alpha value is -0.770. The fraction of sp³-hybridized carbons (Fsp3) is 0.500. The van der Waals surface area contributed by atoms with Gasteiger partial charge in [0.1, 0.15) is 0 Å². The minimum absolute atomic E-state index is 0. The predicted molar refractivity (Wildman–Crippen MR) is 79.1 cm³/mol. The number of carbonyl (C=O) groups is 1. The van der Waals surface area contributed by atoms with Crippen LogP contribution in [-0.2, 0) is 9.53 Å². The standard InChI is InChI=1S/C14H18ClNO2.ClH/c1-18-14(17)13(12-4-2-3-9-16-12)10-5-7-11(15)8-6-10;/h5-8,12-13,16H,2-4,9H2,1H3;1H/t12-,13+;/m0./s1. The summed E-state index contributed by atoms with van der Waals surface area (Å²) in [5.41, 5.74) is 0.964. The molecule has 1 saturated heterocycles. The van der Waals surface area contributed by atoms with Gasteiger partial charge in [-0.15, -0.1) is 12.4 Å². The zero-order valence-corrected chi connectivity index (χ0v) is 12.5. The number of piperidine rings is 1. The Kier molecular flexibility index (Phi) is 6.63. The summed E-state index contributed by atoms with van der Waals surface area (Å²) in [4.78, 5) is 12.0. The molecule has 1 aromatic rings. The molecule has 1 N–H and O–H groups in total. The van der Waals surface area contributed by atoms with E-state index < -0.39 is 0 Å². The van der Waals surface area contributed by atoms with Crippen LogP contribution in [0.5, 0.6) is 0 Å². The lowest BCUT2D eigenvalue weighted by atomic mass is 9.86. The third-order valence-electron chi connectivity index (χ3n) is 3.44. The predicted octanol–water partition coefficient (Wildman–Crippen LogP) is 3.16. The van der Waals surface area contributed by atoms with Gasteiger partial charge in [0.05, 0.1) is 13.0 Å². The molecule has 0 bridgehead atoms. The molecule has 0 aromatic heterocycles. The number of rotatable bonds is 3. The first-order valence-electron chi connectivity index (χ1n) is 6.29. The van der Waals surface area contributed by atoms with Crippen molar-refractivity contribution in [1.82, 2.24) is 5.32 Å². The van der Waals surface area contributed by atoms with E-state index in [1.54, 1.807) is 0 Å². The Bertz CT molecular complexity index is 402. The second kappa shape index (κ2) is 7.73. The Balaban J connectivity index is 0.00000180. The number of halogens is 2. The van der Waals surface area contributed by atoms with Gasteiger partial charge in [0.2, 0.25) is 0 Å². The highest BCUT2D eigenvalue weighted by Crippen LogP contribution is 2.27. The van der Waals surface area contributed by atoms with Crippen LogP contribution in [0.25, 0.3) is 0 Å². The molecule has 0 unspecified atom stereocenters. The first-order valence-corrected chi connectivity index (χ1v) is 6.67. The van der Waals surface area contributed by atoms with Crippen LogP contribution in [-0.4, -0.2) is 25.7 Å². The SMILES string of the molecule is COC(=O)[C@H](c1ccc(Cl)cc1)[C@@H]1CCCCN1.Cl. The second-order valence-corrected chi connectivity index (χ2v) is 5.05. The fourth-order valence-electron chi connectivity index (χ4n) is 2.49. The van der Waals surface area contributed by atoms with E-state index in [0.29, 0.717) is 5.02 Å². The molecule has 0 aliphatic carbocycles. The molecule has 0 spiro atoms. The van der Waals surface area contributed by atoms with E-state index >= 15 is 0 Å². The molecule has 3 nitrogen and oxygen atoms in total. The first kappa shape index (κ1) is 16.3. The molecule has 2 rings (SSSR count). The van der Waals surface area contributed by atoms with Crippen LogP contribution in [0.1, 0.15) is 30.7 Å². The molecule has 0 radical (unpaired) electrons. The first-order chi connectivity index (χ1) is 8.72. The van der Waals surface area contributed by atoms with Gasteiger partial charge in [0.15, 0.2) is 0 Å². The lowest BCUT2D eigenvalue weighted by Gasteiger charge is -2.30. The molecule has 1 fully saturated rings. The molecule has 0 saturated carbocycles. The summed E-state index contributed by atoms with van der Waals surface area (Å²) in [5, 5.41) is 4.09. The van der Waals surface area contributed by atoms with Gasteiger partial charge in [-0.1, -0.05) is 30.2 Å². The van der Waals surface area contributed by atoms with Crippen LogP contribution < -0.4 is 5.32 Å². The van der Waals surface area contributed by atoms with Gasteiger partial charge >= 0.3 is 5.97 Å². The molecule has 1 aliphatic heterocycles. The fourth-order valence-corrected chi connectivity index (χ4v) is 2.62. The van der Waals surface area contributed by atoms with E-state index in [-0.39, 0.29) is 30.3 Å². The summed E-state index contributed by atoms with van der Waals surface area (Å²) in [6, 6.07) is 7.60.